The zero-order valence-corrected chi connectivity index (χ0v) is 25.1. The molecule has 1 unspecified atom stereocenters. The number of hydrogen-bond donors (Lipinski definition) is 0. The van der Waals surface area contributed by atoms with E-state index in [4.69, 9.17) is 4.84 Å². The summed E-state index contributed by atoms with van der Waals surface area (Å²) in [7, 11) is 0. The highest BCUT2D eigenvalue weighted by Crippen LogP contribution is 2.28. The van der Waals surface area contributed by atoms with Gasteiger partial charge in [0.25, 0.3) is 5.56 Å². The van der Waals surface area contributed by atoms with E-state index in [-0.39, 0.29) is 17.6 Å². The lowest BCUT2D eigenvalue weighted by atomic mass is 10.1. The van der Waals surface area contributed by atoms with Gasteiger partial charge in [-0.05, 0) is 56.2 Å². The second-order valence-electron chi connectivity index (χ2n) is 10.9. The molecule has 0 fully saturated rings. The molecule has 1 aliphatic carbocycles. The summed E-state index contributed by atoms with van der Waals surface area (Å²) < 4.78 is 15.6. The van der Waals surface area contributed by atoms with Gasteiger partial charge in [-0.1, -0.05) is 93.9 Å². The van der Waals surface area contributed by atoms with Crippen LogP contribution in [0.15, 0.2) is 51.6 Å². The molecule has 0 bridgehead atoms. The highest BCUT2D eigenvalue weighted by Gasteiger charge is 2.30. The third-order valence-corrected chi connectivity index (χ3v) is 8.76. The quantitative estimate of drug-likeness (QED) is 0.110. The molecule has 0 saturated carbocycles. The fraction of sp³-hybridized carbons (Fsp3) is 0.594. The minimum atomic E-state index is -0.251. The summed E-state index contributed by atoms with van der Waals surface area (Å²) in [5, 5.41) is 5.25. The van der Waals surface area contributed by atoms with Gasteiger partial charge in [-0.3, -0.25) is 9.69 Å². The molecule has 4 rings (SSSR count). The number of thioether (sulfide) groups is 1. The molecule has 0 amide bonds. The van der Waals surface area contributed by atoms with Crippen molar-refractivity contribution in [1.82, 2.24) is 14.5 Å². The van der Waals surface area contributed by atoms with E-state index in [2.05, 4.69) is 45.7 Å². The van der Waals surface area contributed by atoms with E-state index in [1.54, 1.807) is 12.1 Å². The summed E-state index contributed by atoms with van der Waals surface area (Å²) in [6.07, 6.45) is 19.9. The van der Waals surface area contributed by atoms with Crippen molar-refractivity contribution in [3.05, 3.63) is 69.5 Å². The summed E-state index contributed by atoms with van der Waals surface area (Å²) in [5.41, 5.74) is 2.76. The molecule has 0 N–H and O–H groups in total. The van der Waals surface area contributed by atoms with Gasteiger partial charge in [-0.2, -0.15) is 4.98 Å². The fourth-order valence-electron chi connectivity index (χ4n) is 5.40. The number of hydrogen-bond acceptors (Lipinski definition) is 6. The highest BCUT2D eigenvalue weighted by atomic mass is 32.2. The molecule has 0 radical (unpaired) electrons. The molecule has 0 saturated heterocycles. The van der Waals surface area contributed by atoms with Crippen molar-refractivity contribution >= 4 is 17.6 Å². The maximum absolute atomic E-state index is 13.4. The second kappa shape index (κ2) is 16.0. The molecule has 2 aliphatic rings. The summed E-state index contributed by atoms with van der Waals surface area (Å²) >= 11 is 1.52. The first kappa shape index (κ1) is 30.4. The Labute approximate surface area is 243 Å². The molecular weight excluding hydrogens is 523 g/mol. The topological polar surface area (TPSA) is 59.7 Å². The van der Waals surface area contributed by atoms with Crippen LogP contribution in [0.2, 0.25) is 0 Å². The Morgan fingerprint density at radius 1 is 1.02 bits per heavy atom. The standard InChI is InChI=1S/C32H45FN4O2S/c1-3-5-7-9-11-13-22-36-29(35-39-30(36)17-12-10-8-6-4-2)23-37-28-16-14-15-27(28)31(38)34-32(37)40-24-25-18-20-26(33)21-19-25/h13,18-22,30H,3-12,14-17,23-24H2,1-2H3/b22-13+. The molecule has 1 aromatic heterocycles. The molecule has 2 heterocycles. The Kier molecular flexibility index (Phi) is 12.1. The lowest BCUT2D eigenvalue weighted by Crippen LogP contribution is -2.35. The summed E-state index contributed by atoms with van der Waals surface area (Å²) in [6.45, 7) is 4.98. The summed E-state index contributed by atoms with van der Waals surface area (Å²) in [6, 6.07) is 6.51. The van der Waals surface area contributed by atoms with Crippen molar-refractivity contribution in [2.45, 2.75) is 127 Å². The van der Waals surface area contributed by atoms with Crippen molar-refractivity contribution in [3.8, 4) is 0 Å². The number of oxime groups is 1. The normalized spacial score (nSPS) is 16.5. The number of aromatic nitrogens is 2. The maximum atomic E-state index is 13.4. The number of amidine groups is 1. The molecule has 40 heavy (non-hydrogen) atoms. The third-order valence-electron chi connectivity index (χ3n) is 7.71. The van der Waals surface area contributed by atoms with E-state index in [1.165, 1.54) is 75.3 Å². The van der Waals surface area contributed by atoms with Gasteiger partial charge in [0, 0.05) is 29.6 Å². The SMILES string of the molecule is CCCCCC/C=C/N1C(Cn2c(SCc3ccc(F)cc3)nc(=O)c3c2CCC3)=NOC1CCCCCCC. The van der Waals surface area contributed by atoms with Crippen molar-refractivity contribution in [2.75, 3.05) is 0 Å². The van der Waals surface area contributed by atoms with Crippen molar-refractivity contribution < 1.29 is 9.23 Å². The molecular formula is C32H45FN4O2S. The maximum Gasteiger partial charge on any atom is 0.277 e. The second-order valence-corrected chi connectivity index (χ2v) is 11.8. The average Bonchev–Trinajstić information content (AvgIpc) is 3.60. The van der Waals surface area contributed by atoms with E-state index in [1.807, 2.05) is 0 Å². The van der Waals surface area contributed by atoms with Crippen LogP contribution < -0.4 is 5.56 Å². The van der Waals surface area contributed by atoms with Crippen LogP contribution in [-0.2, 0) is 30.0 Å². The first-order valence-electron chi connectivity index (χ1n) is 15.3. The van der Waals surface area contributed by atoms with Gasteiger partial charge < -0.3 is 9.40 Å². The van der Waals surface area contributed by atoms with Crippen LogP contribution in [0.1, 0.15) is 108 Å². The smallest absolute Gasteiger partial charge is 0.277 e. The lowest BCUT2D eigenvalue weighted by molar-refractivity contribution is 0.0198. The number of rotatable bonds is 17. The molecule has 1 aromatic carbocycles. The summed E-state index contributed by atoms with van der Waals surface area (Å²) in [5.74, 6) is 1.21. The number of benzene rings is 1. The molecule has 8 heteroatoms. The highest BCUT2D eigenvalue weighted by molar-refractivity contribution is 7.98. The van der Waals surface area contributed by atoms with Gasteiger partial charge in [-0.25, -0.2) is 4.39 Å². The van der Waals surface area contributed by atoms with E-state index in [9.17, 15) is 9.18 Å². The number of halogens is 1. The minimum Gasteiger partial charge on any atom is -0.368 e. The van der Waals surface area contributed by atoms with E-state index < -0.39 is 0 Å². The Balaban J connectivity index is 1.51. The van der Waals surface area contributed by atoms with Gasteiger partial charge in [0.15, 0.2) is 11.0 Å². The van der Waals surface area contributed by atoms with Crippen LogP contribution in [0.4, 0.5) is 4.39 Å². The number of allylic oxidation sites excluding steroid dienone is 1. The lowest BCUT2D eigenvalue weighted by Gasteiger charge is -2.24. The number of nitrogens with zero attached hydrogens (tertiary/aromatic N) is 4. The molecule has 1 atom stereocenters. The average molecular weight is 569 g/mol. The molecule has 1 aliphatic heterocycles. The van der Waals surface area contributed by atoms with Crippen molar-refractivity contribution in [3.63, 3.8) is 0 Å². The number of unbranched alkanes of at least 4 members (excludes halogenated alkanes) is 8. The zero-order valence-electron chi connectivity index (χ0n) is 24.2. The minimum absolute atomic E-state index is 0.0979. The Morgan fingerprint density at radius 3 is 2.55 bits per heavy atom. The molecule has 218 valence electrons. The zero-order chi connectivity index (χ0) is 28.2. The van der Waals surface area contributed by atoms with Crippen LogP contribution in [0.3, 0.4) is 0 Å². The monoisotopic (exact) mass is 568 g/mol. The molecule has 0 spiro atoms. The third kappa shape index (κ3) is 8.45. The largest absolute Gasteiger partial charge is 0.368 e. The van der Waals surface area contributed by atoms with Crippen LogP contribution in [0, 0.1) is 5.82 Å². The fourth-order valence-corrected chi connectivity index (χ4v) is 6.37. The van der Waals surface area contributed by atoms with Gasteiger partial charge in [0.2, 0.25) is 6.23 Å². The van der Waals surface area contributed by atoms with Gasteiger partial charge in [0.05, 0.1) is 6.54 Å². The Morgan fingerprint density at radius 2 is 1.77 bits per heavy atom. The van der Waals surface area contributed by atoms with Crippen molar-refractivity contribution in [1.29, 1.82) is 0 Å². The summed E-state index contributed by atoms with van der Waals surface area (Å²) in [4.78, 5) is 25.6. The molecule has 6 nitrogen and oxygen atoms in total. The van der Waals surface area contributed by atoms with Crippen molar-refractivity contribution in [2.24, 2.45) is 5.16 Å². The van der Waals surface area contributed by atoms with Gasteiger partial charge in [-0.15, -0.1) is 0 Å². The van der Waals surface area contributed by atoms with Crippen LogP contribution in [-0.4, -0.2) is 26.5 Å². The first-order chi connectivity index (χ1) is 19.6. The van der Waals surface area contributed by atoms with Gasteiger partial charge in [0.1, 0.15) is 5.82 Å². The van der Waals surface area contributed by atoms with Crippen LogP contribution in [0.25, 0.3) is 0 Å². The molecule has 2 aromatic rings. The van der Waals surface area contributed by atoms with Crippen LogP contribution in [0.5, 0.6) is 0 Å². The van der Waals surface area contributed by atoms with E-state index in [0.29, 0.717) is 17.5 Å². The van der Waals surface area contributed by atoms with Crippen LogP contribution >= 0.6 is 11.8 Å². The first-order valence-corrected chi connectivity index (χ1v) is 16.3. The van der Waals surface area contributed by atoms with Gasteiger partial charge >= 0.3 is 0 Å². The Hall–Kier alpha value is -2.61. The van der Waals surface area contributed by atoms with E-state index >= 15 is 0 Å². The van der Waals surface area contributed by atoms with E-state index in [0.717, 1.165) is 61.2 Å². The predicted molar refractivity (Wildman–Crippen MR) is 162 cm³/mol. The number of fused-ring (bicyclic) bond motifs is 1. The Bertz CT molecular complexity index is 1190. The predicted octanol–water partition coefficient (Wildman–Crippen LogP) is 7.98.